The molecular formula is C22H28O3. The smallest absolute Gasteiger partial charge is 0.304 e. The SMILES string of the molecule is CC#CC(CC(=O)O)c1ccc(OC/C=C(\C)CCC=C(C)C)cc1. The molecule has 0 fully saturated rings. The first-order valence-corrected chi connectivity index (χ1v) is 8.58. The monoisotopic (exact) mass is 340 g/mol. The molecule has 0 aromatic heterocycles. The quantitative estimate of drug-likeness (QED) is 0.487. The molecule has 0 spiro atoms. The number of carboxylic acids is 1. The van der Waals surface area contributed by atoms with E-state index in [2.05, 4.69) is 44.8 Å². The molecule has 0 radical (unpaired) electrons. The summed E-state index contributed by atoms with van der Waals surface area (Å²) >= 11 is 0. The Morgan fingerprint density at radius 3 is 2.44 bits per heavy atom. The predicted molar refractivity (Wildman–Crippen MR) is 103 cm³/mol. The second-order valence-corrected chi connectivity index (χ2v) is 6.30. The van der Waals surface area contributed by atoms with Gasteiger partial charge in [-0.05, 0) is 64.3 Å². The van der Waals surface area contributed by atoms with Gasteiger partial charge in [-0.25, -0.2) is 0 Å². The van der Waals surface area contributed by atoms with Crippen molar-refractivity contribution in [1.29, 1.82) is 0 Å². The van der Waals surface area contributed by atoms with Gasteiger partial charge >= 0.3 is 5.97 Å². The van der Waals surface area contributed by atoms with Crippen LogP contribution in [0.3, 0.4) is 0 Å². The first-order valence-electron chi connectivity index (χ1n) is 8.58. The fourth-order valence-electron chi connectivity index (χ4n) is 2.37. The lowest BCUT2D eigenvalue weighted by Crippen LogP contribution is -2.04. The molecule has 1 N–H and O–H groups in total. The van der Waals surface area contributed by atoms with E-state index in [1.807, 2.05) is 24.3 Å². The van der Waals surface area contributed by atoms with Crippen LogP contribution in [0.4, 0.5) is 0 Å². The molecule has 0 bridgehead atoms. The summed E-state index contributed by atoms with van der Waals surface area (Å²) in [6.07, 6.45) is 6.45. The van der Waals surface area contributed by atoms with Crippen molar-refractivity contribution < 1.29 is 14.6 Å². The van der Waals surface area contributed by atoms with Crippen LogP contribution in [0.2, 0.25) is 0 Å². The van der Waals surface area contributed by atoms with Crippen molar-refractivity contribution in [3.05, 3.63) is 53.1 Å². The fraction of sp³-hybridized carbons (Fsp3) is 0.409. The van der Waals surface area contributed by atoms with Crippen LogP contribution in [-0.4, -0.2) is 17.7 Å². The zero-order chi connectivity index (χ0) is 18.7. The summed E-state index contributed by atoms with van der Waals surface area (Å²) in [5.41, 5.74) is 3.56. The molecule has 3 nitrogen and oxygen atoms in total. The van der Waals surface area contributed by atoms with Crippen molar-refractivity contribution in [3.8, 4) is 17.6 Å². The maximum atomic E-state index is 10.9. The van der Waals surface area contributed by atoms with Gasteiger partial charge in [-0.1, -0.05) is 35.3 Å². The Hall–Kier alpha value is -2.47. The number of aliphatic carboxylic acids is 1. The molecule has 0 amide bonds. The van der Waals surface area contributed by atoms with Crippen molar-refractivity contribution in [2.24, 2.45) is 0 Å². The molecule has 25 heavy (non-hydrogen) atoms. The Morgan fingerprint density at radius 1 is 1.20 bits per heavy atom. The zero-order valence-corrected chi connectivity index (χ0v) is 15.6. The fourth-order valence-corrected chi connectivity index (χ4v) is 2.37. The highest BCUT2D eigenvalue weighted by molar-refractivity contribution is 5.69. The van der Waals surface area contributed by atoms with E-state index in [-0.39, 0.29) is 12.3 Å². The molecule has 0 aliphatic carbocycles. The molecule has 0 aliphatic heterocycles. The summed E-state index contributed by atoms with van der Waals surface area (Å²) in [4.78, 5) is 10.9. The van der Waals surface area contributed by atoms with Crippen LogP contribution in [0, 0.1) is 11.8 Å². The highest BCUT2D eigenvalue weighted by atomic mass is 16.5. The van der Waals surface area contributed by atoms with Gasteiger partial charge in [0.25, 0.3) is 0 Å². The minimum atomic E-state index is -0.846. The molecule has 1 unspecified atom stereocenters. The normalized spacial score (nSPS) is 11.9. The zero-order valence-electron chi connectivity index (χ0n) is 15.6. The summed E-state index contributed by atoms with van der Waals surface area (Å²) in [5.74, 6) is 5.39. The van der Waals surface area contributed by atoms with E-state index in [0.717, 1.165) is 24.2 Å². The van der Waals surface area contributed by atoms with E-state index in [9.17, 15) is 4.79 Å². The van der Waals surface area contributed by atoms with Gasteiger partial charge in [0.1, 0.15) is 12.4 Å². The second-order valence-electron chi connectivity index (χ2n) is 6.30. The highest BCUT2D eigenvalue weighted by Gasteiger charge is 2.12. The Balaban J connectivity index is 2.57. The van der Waals surface area contributed by atoms with Gasteiger partial charge in [0.15, 0.2) is 0 Å². The summed E-state index contributed by atoms with van der Waals surface area (Å²) in [7, 11) is 0. The topological polar surface area (TPSA) is 46.5 Å². The number of hydrogen-bond donors (Lipinski definition) is 1. The van der Waals surface area contributed by atoms with Crippen LogP contribution >= 0.6 is 0 Å². The molecule has 1 atom stereocenters. The average molecular weight is 340 g/mol. The molecule has 0 saturated carbocycles. The van der Waals surface area contributed by atoms with Crippen molar-refractivity contribution >= 4 is 5.97 Å². The molecule has 1 aromatic carbocycles. The van der Waals surface area contributed by atoms with E-state index in [4.69, 9.17) is 9.84 Å². The first kappa shape index (κ1) is 20.6. The molecule has 1 rings (SSSR count). The van der Waals surface area contributed by atoms with E-state index in [1.54, 1.807) is 6.92 Å². The maximum Gasteiger partial charge on any atom is 0.304 e. The van der Waals surface area contributed by atoms with E-state index < -0.39 is 5.97 Å². The van der Waals surface area contributed by atoms with Crippen molar-refractivity contribution in [1.82, 2.24) is 0 Å². The number of rotatable bonds is 9. The lowest BCUT2D eigenvalue weighted by Gasteiger charge is -2.10. The van der Waals surface area contributed by atoms with Crippen LogP contribution in [0.15, 0.2) is 47.6 Å². The molecule has 1 aromatic rings. The van der Waals surface area contributed by atoms with Gasteiger partial charge in [-0.2, -0.15) is 0 Å². The number of ether oxygens (including phenoxy) is 1. The molecular weight excluding hydrogens is 312 g/mol. The number of benzene rings is 1. The van der Waals surface area contributed by atoms with Gasteiger partial charge in [0.05, 0.1) is 12.3 Å². The number of hydrogen-bond acceptors (Lipinski definition) is 2. The van der Waals surface area contributed by atoms with E-state index in [0.29, 0.717) is 6.61 Å². The molecule has 0 saturated heterocycles. The highest BCUT2D eigenvalue weighted by Crippen LogP contribution is 2.22. The largest absolute Gasteiger partial charge is 0.490 e. The lowest BCUT2D eigenvalue weighted by molar-refractivity contribution is -0.137. The van der Waals surface area contributed by atoms with Crippen LogP contribution < -0.4 is 4.74 Å². The molecule has 0 heterocycles. The number of carboxylic acid groups (broad SMARTS) is 1. The van der Waals surface area contributed by atoms with E-state index >= 15 is 0 Å². The van der Waals surface area contributed by atoms with Gasteiger partial charge in [0, 0.05) is 0 Å². The maximum absolute atomic E-state index is 10.9. The van der Waals surface area contributed by atoms with Gasteiger partial charge in [0.2, 0.25) is 0 Å². The summed E-state index contributed by atoms with van der Waals surface area (Å²) < 4.78 is 5.74. The van der Waals surface area contributed by atoms with Gasteiger partial charge in [-0.15, -0.1) is 5.92 Å². The third-order valence-electron chi connectivity index (χ3n) is 3.75. The molecule has 3 heteroatoms. The van der Waals surface area contributed by atoms with Crippen LogP contribution in [-0.2, 0) is 4.79 Å². The Labute approximate surface area is 151 Å². The van der Waals surface area contributed by atoms with Gasteiger partial charge in [-0.3, -0.25) is 4.79 Å². The number of allylic oxidation sites excluding steroid dienone is 3. The Bertz CT molecular complexity index is 665. The third-order valence-corrected chi connectivity index (χ3v) is 3.75. The summed E-state index contributed by atoms with van der Waals surface area (Å²) in [5, 5.41) is 8.98. The molecule has 134 valence electrons. The minimum absolute atomic E-state index is 0.00859. The number of carbonyl (C=O) groups is 1. The second kappa shape index (κ2) is 11.1. The molecule has 0 aliphatic rings. The summed E-state index contributed by atoms with van der Waals surface area (Å²) in [6, 6.07) is 7.51. The first-order chi connectivity index (χ1) is 11.9. The minimum Gasteiger partial charge on any atom is -0.490 e. The van der Waals surface area contributed by atoms with Crippen molar-refractivity contribution in [2.75, 3.05) is 6.61 Å². The van der Waals surface area contributed by atoms with Gasteiger partial charge < -0.3 is 9.84 Å². The third kappa shape index (κ3) is 8.81. The van der Waals surface area contributed by atoms with Crippen LogP contribution in [0.25, 0.3) is 0 Å². The Morgan fingerprint density at radius 2 is 1.88 bits per heavy atom. The standard InChI is InChI=1S/C22H28O3/c1-5-7-20(16-22(23)24)19-10-12-21(13-11-19)25-15-14-18(4)9-6-8-17(2)3/h8,10-14,20H,6,9,15-16H2,1-4H3,(H,23,24)/b18-14+. The van der Waals surface area contributed by atoms with Crippen LogP contribution in [0.5, 0.6) is 5.75 Å². The van der Waals surface area contributed by atoms with E-state index in [1.165, 1.54) is 11.1 Å². The average Bonchev–Trinajstić information content (AvgIpc) is 2.54. The summed E-state index contributed by atoms with van der Waals surface area (Å²) in [6.45, 7) is 8.59. The van der Waals surface area contributed by atoms with Crippen molar-refractivity contribution in [2.45, 2.75) is 52.9 Å². The Kier molecular flexibility index (Phi) is 9.17. The van der Waals surface area contributed by atoms with Crippen molar-refractivity contribution in [3.63, 3.8) is 0 Å². The van der Waals surface area contributed by atoms with Crippen LogP contribution in [0.1, 0.15) is 58.4 Å². The predicted octanol–water partition coefficient (Wildman–Crippen LogP) is 5.34. The lowest BCUT2D eigenvalue weighted by atomic mass is 9.96.